The molecule has 0 N–H and O–H groups in total. The van der Waals surface area contributed by atoms with Gasteiger partial charge in [0.25, 0.3) is 0 Å². The van der Waals surface area contributed by atoms with Crippen molar-refractivity contribution >= 4 is 17.4 Å². The maximum Gasteiger partial charge on any atom is 0.391 e. The molecule has 0 aliphatic heterocycles. The lowest BCUT2D eigenvalue weighted by Crippen LogP contribution is -2.42. The van der Waals surface area contributed by atoms with Crippen LogP contribution in [0, 0.1) is 0 Å². The van der Waals surface area contributed by atoms with Gasteiger partial charge in [-0.25, -0.2) is 0 Å². The van der Waals surface area contributed by atoms with E-state index < -0.39 is 17.1 Å². The molecule has 0 aliphatic rings. The summed E-state index contributed by atoms with van der Waals surface area (Å²) in [5, 5.41) is -4.90. The zero-order valence-electron chi connectivity index (χ0n) is 8.48. The van der Waals surface area contributed by atoms with E-state index in [-0.39, 0.29) is 12.7 Å². The van der Waals surface area contributed by atoms with Crippen LogP contribution in [0.15, 0.2) is 12.3 Å². The number of ketones is 1. The lowest BCUT2D eigenvalue weighted by Gasteiger charge is -2.17. The molecule has 0 radical (unpaired) electrons. The highest BCUT2D eigenvalue weighted by Crippen LogP contribution is 2.38. The summed E-state index contributed by atoms with van der Waals surface area (Å²) >= 11 is 4.10. The van der Waals surface area contributed by atoms with Gasteiger partial charge < -0.3 is 4.74 Å². The van der Waals surface area contributed by atoms with Gasteiger partial charge in [0.15, 0.2) is 0 Å². The van der Waals surface area contributed by atoms with Gasteiger partial charge in [0.1, 0.15) is 0 Å². The highest BCUT2D eigenvalue weighted by molar-refractivity contribution is 6.24. The summed E-state index contributed by atoms with van der Waals surface area (Å²) in [5.74, 6) is -7.02. The second kappa shape index (κ2) is 6.08. The Bertz CT molecular complexity index is 261. The van der Waals surface area contributed by atoms with Crippen LogP contribution < -0.4 is 0 Å². The molecule has 0 amide bonds. The summed E-state index contributed by atoms with van der Waals surface area (Å²) in [6, 6.07) is 0. The van der Waals surface area contributed by atoms with Crippen LogP contribution in [0.1, 0.15) is 19.8 Å². The maximum absolute atomic E-state index is 12.6. The molecule has 0 rings (SSSR count). The Labute approximate surface area is 95.2 Å². The molecule has 0 bridgehead atoms. The third-order valence-corrected chi connectivity index (χ3v) is 1.83. The first-order valence-corrected chi connectivity index (χ1v) is 4.88. The number of carbonyl (C=O) groups is 1. The van der Waals surface area contributed by atoms with Gasteiger partial charge >= 0.3 is 11.3 Å². The molecule has 0 fully saturated rings. The molecule has 7 heteroatoms. The van der Waals surface area contributed by atoms with E-state index in [9.17, 15) is 22.4 Å². The average molecular weight is 263 g/mol. The number of alkyl halides is 5. The fraction of sp³-hybridized carbons (Fsp3) is 0.667. The lowest BCUT2D eigenvalue weighted by molar-refractivity contribution is -0.173. The molecule has 0 spiro atoms. The summed E-state index contributed by atoms with van der Waals surface area (Å²) in [5.41, 5.74) is 0. The van der Waals surface area contributed by atoms with E-state index in [1.165, 1.54) is 0 Å². The van der Waals surface area contributed by atoms with Crippen molar-refractivity contribution in [1.82, 2.24) is 0 Å². The van der Waals surface area contributed by atoms with Crippen molar-refractivity contribution in [2.75, 3.05) is 6.61 Å². The molecular formula is C9H11ClF4O2. The van der Waals surface area contributed by atoms with E-state index in [4.69, 9.17) is 0 Å². The summed E-state index contributed by atoms with van der Waals surface area (Å²) in [7, 11) is 0. The predicted molar refractivity (Wildman–Crippen MR) is 50.8 cm³/mol. The number of hydrogen-bond donors (Lipinski definition) is 0. The summed E-state index contributed by atoms with van der Waals surface area (Å²) in [4.78, 5) is 10.7. The zero-order chi connectivity index (χ0) is 12.8. The van der Waals surface area contributed by atoms with Gasteiger partial charge in [-0.1, -0.05) is 13.3 Å². The largest absolute Gasteiger partial charge is 0.501 e. The van der Waals surface area contributed by atoms with Crippen LogP contribution in [-0.4, -0.2) is 23.7 Å². The maximum atomic E-state index is 12.6. The molecule has 0 aromatic rings. The third kappa shape index (κ3) is 4.38. The second-order valence-corrected chi connectivity index (χ2v) is 3.44. The highest BCUT2D eigenvalue weighted by atomic mass is 35.5. The third-order valence-electron chi connectivity index (χ3n) is 1.60. The van der Waals surface area contributed by atoms with E-state index >= 15 is 0 Å². The van der Waals surface area contributed by atoms with Crippen molar-refractivity contribution < 1.29 is 27.1 Å². The Morgan fingerprint density at radius 2 is 1.94 bits per heavy atom. The Balaban J connectivity index is 4.25. The van der Waals surface area contributed by atoms with Gasteiger partial charge in [-0.3, -0.25) is 4.79 Å². The van der Waals surface area contributed by atoms with Gasteiger partial charge in [0.05, 0.1) is 12.9 Å². The normalized spacial score (nSPS) is 13.1. The Morgan fingerprint density at radius 3 is 2.38 bits per heavy atom. The Kier molecular flexibility index (Phi) is 5.78. The first kappa shape index (κ1) is 15.2. The van der Waals surface area contributed by atoms with Gasteiger partial charge in [0.2, 0.25) is 5.78 Å². The number of hydrogen-bond acceptors (Lipinski definition) is 2. The molecule has 0 aliphatic carbocycles. The quantitative estimate of drug-likeness (QED) is 0.231. The van der Waals surface area contributed by atoms with E-state index in [1.807, 2.05) is 6.92 Å². The van der Waals surface area contributed by atoms with Gasteiger partial charge in [-0.05, 0) is 18.0 Å². The van der Waals surface area contributed by atoms with E-state index in [1.54, 1.807) is 0 Å². The number of halogens is 5. The number of allylic oxidation sites excluding steroid dienone is 1. The highest BCUT2D eigenvalue weighted by Gasteiger charge is 2.59. The number of rotatable bonds is 7. The number of ether oxygens (including phenoxy) is 1. The van der Waals surface area contributed by atoms with Crippen LogP contribution in [0.25, 0.3) is 0 Å². The van der Waals surface area contributed by atoms with Crippen molar-refractivity contribution in [1.29, 1.82) is 0 Å². The molecule has 0 saturated carbocycles. The van der Waals surface area contributed by atoms with Crippen molar-refractivity contribution in [2.24, 2.45) is 0 Å². The van der Waals surface area contributed by atoms with Crippen molar-refractivity contribution in [2.45, 2.75) is 31.1 Å². The number of carbonyl (C=O) groups excluding carboxylic acids is 1. The van der Waals surface area contributed by atoms with Crippen LogP contribution in [0.4, 0.5) is 17.6 Å². The molecule has 0 heterocycles. The molecule has 0 aromatic carbocycles. The zero-order valence-corrected chi connectivity index (χ0v) is 9.24. The molecular weight excluding hydrogens is 252 g/mol. The first-order chi connectivity index (χ1) is 7.23. The standard InChI is InChI=1S/C9H11ClF4O2/c1-2-3-5-16-6-4-7(15)8(11,12)9(10,13)14/h4,6H,2-3,5H2,1H3/b6-4+. The molecule has 16 heavy (non-hydrogen) atoms. The Morgan fingerprint density at radius 1 is 1.38 bits per heavy atom. The average Bonchev–Trinajstić information content (AvgIpc) is 2.15. The second-order valence-electron chi connectivity index (χ2n) is 2.96. The lowest BCUT2D eigenvalue weighted by atomic mass is 10.2. The van der Waals surface area contributed by atoms with Crippen LogP contribution in [0.5, 0.6) is 0 Å². The van der Waals surface area contributed by atoms with Gasteiger partial charge in [-0.2, -0.15) is 17.6 Å². The fourth-order valence-corrected chi connectivity index (χ4v) is 0.743. The molecule has 0 saturated heterocycles. The summed E-state index contributed by atoms with van der Waals surface area (Å²) < 4.78 is 54.0. The van der Waals surface area contributed by atoms with Crippen molar-refractivity contribution in [3.05, 3.63) is 12.3 Å². The topological polar surface area (TPSA) is 26.3 Å². The van der Waals surface area contributed by atoms with Crippen LogP contribution >= 0.6 is 11.6 Å². The van der Waals surface area contributed by atoms with Crippen LogP contribution in [0.2, 0.25) is 0 Å². The fourth-order valence-electron chi connectivity index (χ4n) is 0.650. The molecule has 0 atom stereocenters. The minimum Gasteiger partial charge on any atom is -0.501 e. The molecule has 94 valence electrons. The minimum atomic E-state index is -4.93. The van der Waals surface area contributed by atoms with Crippen LogP contribution in [0.3, 0.4) is 0 Å². The molecule has 0 unspecified atom stereocenters. The number of unbranched alkanes of at least 4 members (excludes halogenated alkanes) is 1. The first-order valence-electron chi connectivity index (χ1n) is 4.50. The van der Waals surface area contributed by atoms with E-state index in [0.29, 0.717) is 12.7 Å². The predicted octanol–water partition coefficient (Wildman–Crippen LogP) is 3.35. The summed E-state index contributed by atoms with van der Waals surface area (Å²) in [6.07, 6.45) is 2.39. The summed E-state index contributed by atoms with van der Waals surface area (Å²) in [6.45, 7) is 2.10. The van der Waals surface area contributed by atoms with Gasteiger partial charge in [0, 0.05) is 6.08 Å². The molecule has 2 nitrogen and oxygen atoms in total. The van der Waals surface area contributed by atoms with Crippen LogP contribution in [-0.2, 0) is 9.53 Å². The van der Waals surface area contributed by atoms with Gasteiger partial charge in [-0.15, -0.1) is 0 Å². The van der Waals surface area contributed by atoms with E-state index in [0.717, 1.165) is 6.42 Å². The molecule has 0 aromatic heterocycles. The van der Waals surface area contributed by atoms with E-state index in [2.05, 4.69) is 16.3 Å². The van der Waals surface area contributed by atoms with Crippen molar-refractivity contribution in [3.63, 3.8) is 0 Å². The monoisotopic (exact) mass is 262 g/mol. The smallest absolute Gasteiger partial charge is 0.391 e. The SMILES string of the molecule is CCCCO/C=C/C(=O)C(F)(F)C(F)(F)Cl. The minimum absolute atomic E-state index is 0.225. The van der Waals surface area contributed by atoms with Crippen molar-refractivity contribution in [3.8, 4) is 0 Å². The Hall–Kier alpha value is -0.780.